The lowest BCUT2D eigenvalue weighted by atomic mass is 9.96. The zero-order chi connectivity index (χ0) is 10.1. The van der Waals surface area contributed by atoms with Crippen LogP contribution >= 0.6 is 0 Å². The highest BCUT2D eigenvalue weighted by molar-refractivity contribution is 5.09. The first-order valence-electron chi connectivity index (χ1n) is 5.06. The summed E-state index contributed by atoms with van der Waals surface area (Å²) in [7, 11) is 2.11. The molecule has 2 rings (SSSR count). The molecule has 0 spiro atoms. The monoisotopic (exact) mass is 195 g/mol. The summed E-state index contributed by atoms with van der Waals surface area (Å²) in [6.07, 6.45) is 2.03. The summed E-state index contributed by atoms with van der Waals surface area (Å²) < 4.78 is 5.28. The second-order valence-electron chi connectivity index (χ2n) is 4.15. The third kappa shape index (κ3) is 1.81. The molecule has 0 saturated carbocycles. The number of nitrogens with zero attached hydrogens (tertiary/aromatic N) is 2. The van der Waals surface area contributed by atoms with Crippen LogP contribution in [0.15, 0.2) is 10.6 Å². The first kappa shape index (κ1) is 9.68. The molecule has 0 aliphatic carbocycles. The first-order valence-corrected chi connectivity index (χ1v) is 5.06. The predicted molar refractivity (Wildman–Crippen MR) is 53.8 cm³/mol. The van der Waals surface area contributed by atoms with Crippen molar-refractivity contribution < 1.29 is 4.52 Å². The highest BCUT2D eigenvalue weighted by Crippen LogP contribution is 2.29. The van der Waals surface area contributed by atoms with Crippen LogP contribution in [0.2, 0.25) is 0 Å². The number of rotatable bonds is 1. The molecule has 1 aliphatic rings. The maximum Gasteiger partial charge on any atom is 0.154 e. The van der Waals surface area contributed by atoms with Crippen molar-refractivity contribution in [3.8, 4) is 0 Å². The Kier molecular flexibility index (Phi) is 2.56. The highest BCUT2D eigenvalue weighted by atomic mass is 16.5. The zero-order valence-electron chi connectivity index (χ0n) is 8.73. The SMILES string of the molecule is Cc1cc(C2CC(N)CCN2C)on1. The largest absolute Gasteiger partial charge is 0.359 e. The average molecular weight is 195 g/mol. The molecule has 0 amide bonds. The van der Waals surface area contributed by atoms with E-state index in [2.05, 4.69) is 17.1 Å². The van der Waals surface area contributed by atoms with Gasteiger partial charge in [-0.05, 0) is 26.8 Å². The number of piperidine rings is 1. The molecule has 0 radical (unpaired) electrons. The molecule has 78 valence electrons. The summed E-state index contributed by atoms with van der Waals surface area (Å²) in [6.45, 7) is 2.97. The maximum absolute atomic E-state index is 5.94. The van der Waals surface area contributed by atoms with Gasteiger partial charge in [0.25, 0.3) is 0 Å². The minimum absolute atomic E-state index is 0.293. The molecule has 1 aromatic heterocycles. The van der Waals surface area contributed by atoms with Gasteiger partial charge in [-0.2, -0.15) is 0 Å². The molecule has 0 bridgehead atoms. The highest BCUT2D eigenvalue weighted by Gasteiger charge is 2.27. The van der Waals surface area contributed by atoms with Gasteiger partial charge >= 0.3 is 0 Å². The summed E-state index contributed by atoms with van der Waals surface area (Å²) in [5.41, 5.74) is 6.88. The van der Waals surface area contributed by atoms with E-state index in [1.54, 1.807) is 0 Å². The summed E-state index contributed by atoms with van der Waals surface area (Å²) in [6, 6.07) is 2.60. The standard InChI is InChI=1S/C10H17N3O/c1-7-5-10(14-12-7)9-6-8(11)3-4-13(9)2/h5,8-9H,3-4,6,11H2,1-2H3. The second kappa shape index (κ2) is 3.71. The van der Waals surface area contributed by atoms with Gasteiger partial charge in [0.15, 0.2) is 5.76 Å². The van der Waals surface area contributed by atoms with Gasteiger partial charge in [0.2, 0.25) is 0 Å². The molecule has 2 atom stereocenters. The minimum atomic E-state index is 0.293. The Labute approximate surface area is 84.0 Å². The van der Waals surface area contributed by atoms with Crippen LogP contribution in [-0.2, 0) is 0 Å². The predicted octanol–water partition coefficient (Wildman–Crippen LogP) is 1.08. The molecule has 1 fully saturated rings. The average Bonchev–Trinajstić information content (AvgIpc) is 2.56. The van der Waals surface area contributed by atoms with Gasteiger partial charge in [0, 0.05) is 18.7 Å². The third-order valence-electron chi connectivity index (χ3n) is 2.89. The lowest BCUT2D eigenvalue weighted by Crippen LogP contribution is -2.39. The van der Waals surface area contributed by atoms with Crippen LogP contribution in [0, 0.1) is 6.92 Å². The van der Waals surface area contributed by atoms with Crippen LogP contribution in [0.3, 0.4) is 0 Å². The minimum Gasteiger partial charge on any atom is -0.359 e. The van der Waals surface area contributed by atoms with E-state index in [0.29, 0.717) is 12.1 Å². The molecule has 1 aromatic rings. The van der Waals surface area contributed by atoms with Crippen LogP contribution in [-0.4, -0.2) is 29.7 Å². The molecule has 2 heterocycles. The fraction of sp³-hybridized carbons (Fsp3) is 0.700. The zero-order valence-corrected chi connectivity index (χ0v) is 8.73. The van der Waals surface area contributed by atoms with Crippen molar-refractivity contribution in [3.63, 3.8) is 0 Å². The fourth-order valence-electron chi connectivity index (χ4n) is 1.98. The Morgan fingerprint density at radius 1 is 1.64 bits per heavy atom. The molecule has 2 N–H and O–H groups in total. The first-order chi connectivity index (χ1) is 6.66. The van der Waals surface area contributed by atoms with Crippen LogP contribution < -0.4 is 5.73 Å². The van der Waals surface area contributed by atoms with E-state index in [1.807, 2.05) is 13.0 Å². The Hall–Kier alpha value is -0.870. The van der Waals surface area contributed by atoms with Gasteiger partial charge in [-0.1, -0.05) is 5.16 Å². The summed E-state index contributed by atoms with van der Waals surface area (Å²) in [5.74, 6) is 0.945. The van der Waals surface area contributed by atoms with E-state index in [0.717, 1.165) is 30.8 Å². The van der Waals surface area contributed by atoms with Crippen molar-refractivity contribution in [2.24, 2.45) is 5.73 Å². The van der Waals surface area contributed by atoms with Crippen molar-refractivity contribution in [1.82, 2.24) is 10.1 Å². The lowest BCUT2D eigenvalue weighted by molar-refractivity contribution is 0.142. The summed E-state index contributed by atoms with van der Waals surface area (Å²) in [4.78, 5) is 2.28. The van der Waals surface area contributed by atoms with Crippen molar-refractivity contribution >= 4 is 0 Å². The van der Waals surface area contributed by atoms with Gasteiger partial charge in [0.1, 0.15) is 0 Å². The molecular formula is C10H17N3O. The number of hydrogen-bond donors (Lipinski definition) is 1. The molecule has 2 unspecified atom stereocenters. The van der Waals surface area contributed by atoms with Crippen molar-refractivity contribution in [2.45, 2.75) is 31.8 Å². The molecule has 4 nitrogen and oxygen atoms in total. The number of likely N-dealkylation sites (tertiary alicyclic amines) is 1. The Balaban J connectivity index is 2.15. The molecule has 0 aromatic carbocycles. The third-order valence-corrected chi connectivity index (χ3v) is 2.89. The van der Waals surface area contributed by atoms with Crippen LogP contribution in [0.5, 0.6) is 0 Å². The quantitative estimate of drug-likeness (QED) is 0.728. The topological polar surface area (TPSA) is 55.3 Å². The summed E-state index contributed by atoms with van der Waals surface area (Å²) in [5, 5.41) is 3.91. The van der Waals surface area contributed by atoms with E-state index in [4.69, 9.17) is 10.3 Å². The van der Waals surface area contributed by atoms with Crippen molar-refractivity contribution in [2.75, 3.05) is 13.6 Å². The number of nitrogens with two attached hydrogens (primary N) is 1. The number of aromatic nitrogens is 1. The molecule has 14 heavy (non-hydrogen) atoms. The van der Waals surface area contributed by atoms with Crippen LogP contribution in [0.4, 0.5) is 0 Å². The molecular weight excluding hydrogens is 178 g/mol. The van der Waals surface area contributed by atoms with Gasteiger partial charge in [-0.15, -0.1) is 0 Å². The number of aryl methyl sites for hydroxylation is 1. The van der Waals surface area contributed by atoms with Crippen molar-refractivity contribution in [1.29, 1.82) is 0 Å². The number of hydrogen-bond acceptors (Lipinski definition) is 4. The normalized spacial score (nSPS) is 29.4. The van der Waals surface area contributed by atoms with E-state index in [9.17, 15) is 0 Å². The Morgan fingerprint density at radius 2 is 2.43 bits per heavy atom. The van der Waals surface area contributed by atoms with Gasteiger partial charge in [-0.3, -0.25) is 4.90 Å². The van der Waals surface area contributed by atoms with Gasteiger partial charge in [-0.25, -0.2) is 0 Å². The fourth-order valence-corrected chi connectivity index (χ4v) is 1.98. The lowest BCUT2D eigenvalue weighted by Gasteiger charge is -2.33. The van der Waals surface area contributed by atoms with E-state index in [1.165, 1.54) is 0 Å². The molecule has 1 aliphatic heterocycles. The Bertz CT molecular complexity index is 310. The smallest absolute Gasteiger partial charge is 0.154 e. The molecule has 4 heteroatoms. The Morgan fingerprint density at radius 3 is 3.07 bits per heavy atom. The van der Waals surface area contributed by atoms with E-state index < -0.39 is 0 Å². The summed E-state index contributed by atoms with van der Waals surface area (Å²) >= 11 is 0. The van der Waals surface area contributed by atoms with Gasteiger partial charge < -0.3 is 10.3 Å². The van der Waals surface area contributed by atoms with Crippen LogP contribution in [0.25, 0.3) is 0 Å². The second-order valence-corrected chi connectivity index (χ2v) is 4.15. The van der Waals surface area contributed by atoms with Crippen LogP contribution in [0.1, 0.15) is 30.3 Å². The maximum atomic E-state index is 5.94. The molecule has 1 saturated heterocycles. The van der Waals surface area contributed by atoms with Gasteiger partial charge in [0.05, 0.1) is 11.7 Å². The van der Waals surface area contributed by atoms with Crippen molar-refractivity contribution in [3.05, 3.63) is 17.5 Å². The van der Waals surface area contributed by atoms with E-state index >= 15 is 0 Å². The van der Waals surface area contributed by atoms with E-state index in [-0.39, 0.29) is 0 Å².